The number of rotatable bonds is 5. The van der Waals surface area contributed by atoms with E-state index in [9.17, 15) is 4.79 Å². The van der Waals surface area contributed by atoms with Crippen LogP contribution in [0.2, 0.25) is 0 Å². The number of aryl methyl sites for hydroxylation is 3. The number of pyridine rings is 1. The van der Waals surface area contributed by atoms with Crippen LogP contribution in [0, 0.1) is 32.1 Å². The van der Waals surface area contributed by atoms with Gasteiger partial charge in [-0.2, -0.15) is 5.26 Å². The van der Waals surface area contributed by atoms with Crippen molar-refractivity contribution in [3.8, 4) is 17.6 Å². The highest BCUT2D eigenvalue weighted by Crippen LogP contribution is 2.25. The highest BCUT2D eigenvalue weighted by molar-refractivity contribution is 5.41. The highest BCUT2D eigenvalue weighted by Gasteiger charge is 2.11. The Morgan fingerprint density at radius 1 is 0.968 bits per heavy atom. The minimum atomic E-state index is 0.0466. The molecule has 3 aromatic rings. The van der Waals surface area contributed by atoms with E-state index in [2.05, 4.69) is 13.0 Å². The van der Waals surface area contributed by atoms with Crippen molar-refractivity contribution in [2.24, 2.45) is 0 Å². The fraction of sp³-hybridized carbons (Fsp3) is 0.308. The summed E-state index contributed by atoms with van der Waals surface area (Å²) in [6, 6.07) is 17.5. The second-order valence-electron chi connectivity index (χ2n) is 7.29. The van der Waals surface area contributed by atoms with E-state index in [0.29, 0.717) is 6.54 Å². The van der Waals surface area contributed by atoms with Crippen LogP contribution in [0.5, 0.6) is 11.5 Å². The van der Waals surface area contributed by atoms with E-state index < -0.39 is 0 Å². The molecule has 162 valence electrons. The van der Waals surface area contributed by atoms with Crippen molar-refractivity contribution < 1.29 is 9.47 Å². The van der Waals surface area contributed by atoms with E-state index >= 15 is 0 Å². The minimum absolute atomic E-state index is 0.0466. The Bertz CT molecular complexity index is 1140. The third-order valence-electron chi connectivity index (χ3n) is 5.35. The molecule has 3 rings (SSSR count). The number of ether oxygens (including phenoxy) is 2. The summed E-state index contributed by atoms with van der Waals surface area (Å²) < 4.78 is 12.4. The molecular formula is C26H30N2O3. The van der Waals surface area contributed by atoms with Crippen LogP contribution in [0.1, 0.15) is 40.4 Å². The number of hydrogen-bond acceptors (Lipinski definition) is 4. The van der Waals surface area contributed by atoms with Crippen molar-refractivity contribution in [3.63, 3.8) is 0 Å². The summed E-state index contributed by atoms with van der Waals surface area (Å²) in [5.74, 6) is 1.46. The van der Waals surface area contributed by atoms with E-state index in [4.69, 9.17) is 14.7 Å². The molecule has 31 heavy (non-hydrogen) atoms. The molecule has 1 aromatic heterocycles. The molecule has 0 saturated heterocycles. The van der Waals surface area contributed by atoms with Gasteiger partial charge < -0.3 is 14.0 Å². The predicted octanol–water partition coefficient (Wildman–Crippen LogP) is 4.96. The SMILES string of the molecule is CCc1ccccc1C#N.COc1ccc(Cn2c(C)cc(C)c(C)c2=O)c(OC)c1. The van der Waals surface area contributed by atoms with Crippen LogP contribution in [0.3, 0.4) is 0 Å². The Hall–Kier alpha value is -3.52. The van der Waals surface area contributed by atoms with Gasteiger partial charge in [-0.1, -0.05) is 25.1 Å². The van der Waals surface area contributed by atoms with Crippen molar-refractivity contribution in [2.45, 2.75) is 40.7 Å². The van der Waals surface area contributed by atoms with Gasteiger partial charge in [-0.25, -0.2) is 0 Å². The first-order valence-electron chi connectivity index (χ1n) is 10.2. The highest BCUT2D eigenvalue weighted by atomic mass is 16.5. The van der Waals surface area contributed by atoms with Crippen molar-refractivity contribution in [2.75, 3.05) is 14.2 Å². The lowest BCUT2D eigenvalue weighted by Crippen LogP contribution is -2.25. The summed E-state index contributed by atoms with van der Waals surface area (Å²) >= 11 is 0. The second-order valence-corrected chi connectivity index (χ2v) is 7.29. The van der Waals surface area contributed by atoms with Gasteiger partial charge >= 0.3 is 0 Å². The van der Waals surface area contributed by atoms with Crippen LogP contribution in [0.25, 0.3) is 0 Å². The molecular weight excluding hydrogens is 388 g/mol. The first-order chi connectivity index (χ1) is 14.9. The molecule has 0 aliphatic rings. The molecule has 0 unspecified atom stereocenters. The van der Waals surface area contributed by atoms with Gasteiger partial charge in [0.25, 0.3) is 5.56 Å². The summed E-state index contributed by atoms with van der Waals surface area (Å²) in [6.45, 7) is 8.31. The first-order valence-corrected chi connectivity index (χ1v) is 10.2. The maximum Gasteiger partial charge on any atom is 0.254 e. The van der Waals surface area contributed by atoms with E-state index in [1.165, 1.54) is 0 Å². The molecule has 0 spiro atoms. The molecule has 0 fully saturated rings. The molecule has 0 atom stereocenters. The van der Waals surface area contributed by atoms with Crippen LogP contribution >= 0.6 is 0 Å². The number of benzene rings is 2. The van der Waals surface area contributed by atoms with Gasteiger partial charge in [0.2, 0.25) is 0 Å². The quantitative estimate of drug-likeness (QED) is 0.587. The Labute approximate surface area is 184 Å². The summed E-state index contributed by atoms with van der Waals surface area (Å²) in [7, 11) is 3.24. The smallest absolute Gasteiger partial charge is 0.254 e. The second kappa shape index (κ2) is 11.0. The fourth-order valence-electron chi connectivity index (χ4n) is 3.32. The normalized spacial score (nSPS) is 9.97. The van der Waals surface area contributed by atoms with E-state index in [1.807, 2.05) is 69.3 Å². The number of methoxy groups -OCH3 is 2. The van der Waals surface area contributed by atoms with Crippen molar-refractivity contribution in [1.29, 1.82) is 5.26 Å². The summed E-state index contributed by atoms with van der Waals surface area (Å²) in [5, 5.41) is 8.60. The van der Waals surface area contributed by atoms with Crippen molar-refractivity contribution >= 4 is 0 Å². The van der Waals surface area contributed by atoms with Crippen molar-refractivity contribution in [1.82, 2.24) is 4.57 Å². The molecule has 5 nitrogen and oxygen atoms in total. The minimum Gasteiger partial charge on any atom is -0.497 e. The molecule has 5 heteroatoms. The topological polar surface area (TPSA) is 64.2 Å². The van der Waals surface area contributed by atoms with Gasteiger partial charge in [0.1, 0.15) is 11.5 Å². The standard InChI is InChI=1S/C17H21NO3.C9H9N/c1-11-8-12(2)18(17(19)13(11)3)10-14-6-7-15(20-4)9-16(14)21-5;1-2-8-5-3-4-6-9(8)7-10/h6-9H,10H2,1-5H3;3-6H,2H2,1H3. The summed E-state index contributed by atoms with van der Waals surface area (Å²) in [4.78, 5) is 12.4. The van der Waals surface area contributed by atoms with E-state index in [0.717, 1.165) is 51.4 Å². The lowest BCUT2D eigenvalue weighted by Gasteiger charge is -2.15. The maximum absolute atomic E-state index is 12.4. The summed E-state index contributed by atoms with van der Waals surface area (Å²) in [5.41, 5.74) is 5.68. The van der Waals surface area contributed by atoms with Crippen LogP contribution in [0.4, 0.5) is 0 Å². The fourth-order valence-corrected chi connectivity index (χ4v) is 3.32. The average Bonchev–Trinajstić information content (AvgIpc) is 2.80. The Balaban J connectivity index is 0.000000285. The maximum atomic E-state index is 12.4. The number of aromatic nitrogens is 1. The van der Waals surface area contributed by atoms with Gasteiger partial charge in [0.05, 0.1) is 32.4 Å². The van der Waals surface area contributed by atoms with Crippen LogP contribution in [-0.2, 0) is 13.0 Å². The van der Waals surface area contributed by atoms with Gasteiger partial charge in [-0.3, -0.25) is 4.79 Å². The van der Waals surface area contributed by atoms with Crippen LogP contribution in [0.15, 0.2) is 53.3 Å². The zero-order valence-corrected chi connectivity index (χ0v) is 19.2. The summed E-state index contributed by atoms with van der Waals surface area (Å²) in [6.07, 6.45) is 0.934. The lowest BCUT2D eigenvalue weighted by molar-refractivity contribution is 0.390. The Morgan fingerprint density at radius 3 is 2.26 bits per heavy atom. The molecule has 0 amide bonds. The monoisotopic (exact) mass is 418 g/mol. The predicted molar refractivity (Wildman–Crippen MR) is 124 cm³/mol. The number of nitrogens with zero attached hydrogens (tertiary/aromatic N) is 2. The lowest BCUT2D eigenvalue weighted by atomic mass is 10.1. The average molecular weight is 419 g/mol. The number of hydrogen-bond donors (Lipinski definition) is 0. The zero-order chi connectivity index (χ0) is 23.0. The zero-order valence-electron chi connectivity index (χ0n) is 19.2. The molecule has 0 saturated carbocycles. The van der Waals surface area contributed by atoms with Gasteiger partial charge in [0.15, 0.2) is 0 Å². The van der Waals surface area contributed by atoms with Gasteiger partial charge in [-0.05, 0) is 62.6 Å². The molecule has 0 aliphatic heterocycles. The first kappa shape index (κ1) is 23.8. The Morgan fingerprint density at radius 2 is 1.68 bits per heavy atom. The van der Waals surface area contributed by atoms with Gasteiger partial charge in [-0.15, -0.1) is 0 Å². The van der Waals surface area contributed by atoms with E-state index in [-0.39, 0.29) is 5.56 Å². The van der Waals surface area contributed by atoms with Crippen LogP contribution in [-0.4, -0.2) is 18.8 Å². The third-order valence-corrected chi connectivity index (χ3v) is 5.35. The number of nitriles is 1. The van der Waals surface area contributed by atoms with E-state index in [1.54, 1.807) is 18.8 Å². The van der Waals surface area contributed by atoms with Crippen molar-refractivity contribution in [3.05, 3.63) is 92.4 Å². The molecule has 2 aromatic carbocycles. The Kier molecular flexibility index (Phi) is 8.45. The molecule has 0 bridgehead atoms. The molecule has 0 radical (unpaired) electrons. The van der Waals surface area contributed by atoms with Crippen LogP contribution < -0.4 is 15.0 Å². The molecule has 1 heterocycles. The van der Waals surface area contributed by atoms with Gasteiger partial charge in [0, 0.05) is 22.9 Å². The molecule has 0 N–H and O–H groups in total. The molecule has 0 aliphatic carbocycles. The largest absolute Gasteiger partial charge is 0.497 e. The third kappa shape index (κ3) is 5.76.